The Kier molecular flexibility index (Phi) is 9.11. The Morgan fingerprint density at radius 2 is 0.892 bits per heavy atom. The first-order valence-corrected chi connectivity index (χ1v) is 12.9. The third kappa shape index (κ3) is 6.66. The summed E-state index contributed by atoms with van der Waals surface area (Å²) in [6, 6.07) is 24.7. The number of pyridine rings is 4. The first-order valence-electron chi connectivity index (χ1n) is 12.9. The van der Waals surface area contributed by atoms with Crippen molar-refractivity contribution in [2.75, 3.05) is 6.54 Å². The smallest absolute Gasteiger partial charge is 0.0687 e. The van der Waals surface area contributed by atoms with Gasteiger partial charge in [0.15, 0.2) is 0 Å². The van der Waals surface area contributed by atoms with Crippen molar-refractivity contribution < 1.29 is 0 Å². The second kappa shape index (κ2) is 12.9. The van der Waals surface area contributed by atoms with Gasteiger partial charge in [-0.2, -0.15) is 0 Å². The predicted octanol–water partition coefficient (Wildman–Crippen LogP) is 6.73. The summed E-state index contributed by atoms with van der Waals surface area (Å²) in [5, 5.41) is 0. The van der Waals surface area contributed by atoms with Gasteiger partial charge in [0, 0.05) is 31.3 Å². The second-order valence-electron chi connectivity index (χ2n) is 9.25. The number of hydrogen-bond donors (Lipinski definition) is 0. The first kappa shape index (κ1) is 26.2. The summed E-state index contributed by atoms with van der Waals surface area (Å²) < 4.78 is 0. The Labute approximate surface area is 220 Å². The molecule has 0 amide bonds. The van der Waals surface area contributed by atoms with Crippen LogP contribution in [0.3, 0.4) is 0 Å². The van der Waals surface area contributed by atoms with Gasteiger partial charge in [0.2, 0.25) is 0 Å². The van der Waals surface area contributed by atoms with Gasteiger partial charge >= 0.3 is 0 Å². The molecule has 4 aromatic heterocycles. The fourth-order valence-electron chi connectivity index (χ4n) is 4.67. The molecule has 0 radical (unpaired) electrons. The van der Waals surface area contributed by atoms with E-state index in [0.29, 0.717) is 0 Å². The predicted molar refractivity (Wildman–Crippen MR) is 148 cm³/mol. The van der Waals surface area contributed by atoms with Crippen molar-refractivity contribution in [3.05, 3.63) is 133 Å². The molecule has 0 aliphatic carbocycles. The monoisotopic (exact) mass is 492 g/mol. The summed E-state index contributed by atoms with van der Waals surface area (Å²) in [5.41, 5.74) is 4.13. The zero-order valence-electron chi connectivity index (χ0n) is 22.1. The zero-order valence-corrected chi connectivity index (χ0v) is 22.1. The van der Waals surface area contributed by atoms with Crippen LogP contribution < -0.4 is 0 Å². The Morgan fingerprint density at radius 1 is 0.541 bits per heavy atom. The maximum absolute atomic E-state index is 4.64. The lowest BCUT2D eigenvalue weighted by Crippen LogP contribution is -2.32. The minimum Gasteiger partial charge on any atom is -0.361 e. The highest BCUT2D eigenvalue weighted by atomic mass is 15.2. The van der Waals surface area contributed by atoms with E-state index in [1.807, 2.05) is 73.3 Å². The fraction of sp³-hybridized carbons (Fsp3) is 0.290. The van der Waals surface area contributed by atoms with Crippen LogP contribution in [0.1, 0.15) is 74.6 Å². The van der Waals surface area contributed by atoms with Gasteiger partial charge in [-0.15, -0.1) is 0 Å². The van der Waals surface area contributed by atoms with Crippen molar-refractivity contribution in [1.29, 1.82) is 0 Å². The van der Waals surface area contributed by atoms with Gasteiger partial charge < -0.3 is 4.90 Å². The van der Waals surface area contributed by atoms with Gasteiger partial charge in [0.1, 0.15) is 0 Å². The lowest BCUT2D eigenvalue weighted by atomic mass is 10.1. The molecule has 0 saturated heterocycles. The van der Waals surface area contributed by atoms with Crippen LogP contribution in [0.25, 0.3) is 0 Å². The standard InChI is InChI=1S/C31H36N6/c1-24(28-14-5-9-18-32-28)36(25(2)29-15-6-10-19-33-29)22-13-23-37(26(3)30-16-7-11-20-34-30)27(4)31-17-8-12-21-35-31/h5-22,24-27H,23H2,1-4H3. The zero-order chi connectivity index (χ0) is 26.0. The maximum atomic E-state index is 4.64. The van der Waals surface area contributed by atoms with Crippen LogP contribution in [0.15, 0.2) is 110 Å². The molecule has 0 saturated carbocycles. The molecule has 4 rings (SSSR count). The molecule has 4 atom stereocenters. The van der Waals surface area contributed by atoms with E-state index < -0.39 is 0 Å². The van der Waals surface area contributed by atoms with Crippen LogP contribution in [-0.2, 0) is 0 Å². The van der Waals surface area contributed by atoms with Crippen molar-refractivity contribution in [2.45, 2.75) is 51.9 Å². The summed E-state index contributed by atoms with van der Waals surface area (Å²) in [4.78, 5) is 23.3. The Hall–Kier alpha value is -3.90. The van der Waals surface area contributed by atoms with Crippen molar-refractivity contribution in [1.82, 2.24) is 29.7 Å². The van der Waals surface area contributed by atoms with E-state index in [-0.39, 0.29) is 24.2 Å². The van der Waals surface area contributed by atoms with Crippen LogP contribution in [0.4, 0.5) is 0 Å². The van der Waals surface area contributed by atoms with Crippen molar-refractivity contribution in [3.63, 3.8) is 0 Å². The first-order chi connectivity index (χ1) is 18.1. The summed E-state index contributed by atoms with van der Waals surface area (Å²) in [5.74, 6) is 0. The highest BCUT2D eigenvalue weighted by molar-refractivity contribution is 5.16. The fourth-order valence-corrected chi connectivity index (χ4v) is 4.67. The highest BCUT2D eigenvalue weighted by Crippen LogP contribution is 2.31. The van der Waals surface area contributed by atoms with Crippen molar-refractivity contribution in [3.8, 4) is 0 Å². The van der Waals surface area contributed by atoms with E-state index in [4.69, 9.17) is 0 Å². The van der Waals surface area contributed by atoms with E-state index in [1.54, 1.807) is 0 Å². The van der Waals surface area contributed by atoms with E-state index >= 15 is 0 Å². The highest BCUT2D eigenvalue weighted by Gasteiger charge is 2.25. The molecular formula is C31H36N6. The van der Waals surface area contributed by atoms with Crippen LogP contribution in [0.5, 0.6) is 0 Å². The minimum atomic E-state index is 0.0735. The summed E-state index contributed by atoms with van der Waals surface area (Å²) in [6.45, 7) is 9.53. The van der Waals surface area contributed by atoms with E-state index in [1.165, 1.54) is 0 Å². The van der Waals surface area contributed by atoms with E-state index in [2.05, 4.69) is 94.0 Å². The molecule has 4 aromatic rings. The molecule has 0 bridgehead atoms. The molecule has 190 valence electrons. The number of aromatic nitrogens is 4. The Balaban J connectivity index is 1.62. The molecule has 0 fully saturated rings. The van der Waals surface area contributed by atoms with Gasteiger partial charge in [-0.25, -0.2) is 0 Å². The number of rotatable bonds is 11. The molecule has 37 heavy (non-hydrogen) atoms. The lowest BCUT2D eigenvalue weighted by Gasteiger charge is -2.35. The topological polar surface area (TPSA) is 58.0 Å². The minimum absolute atomic E-state index is 0.0735. The Morgan fingerprint density at radius 3 is 1.22 bits per heavy atom. The van der Waals surface area contributed by atoms with Crippen LogP contribution in [0.2, 0.25) is 0 Å². The molecular weight excluding hydrogens is 456 g/mol. The van der Waals surface area contributed by atoms with Gasteiger partial charge in [0.05, 0.1) is 46.9 Å². The molecule has 4 heterocycles. The molecule has 0 N–H and O–H groups in total. The summed E-state index contributed by atoms with van der Waals surface area (Å²) in [7, 11) is 0. The van der Waals surface area contributed by atoms with Crippen LogP contribution in [-0.4, -0.2) is 36.3 Å². The van der Waals surface area contributed by atoms with Crippen molar-refractivity contribution >= 4 is 0 Å². The van der Waals surface area contributed by atoms with Gasteiger partial charge in [0.25, 0.3) is 0 Å². The van der Waals surface area contributed by atoms with Gasteiger partial charge in [-0.3, -0.25) is 24.8 Å². The molecule has 4 unspecified atom stereocenters. The van der Waals surface area contributed by atoms with Gasteiger partial charge in [-0.05, 0) is 82.4 Å². The molecule has 0 aliphatic rings. The average Bonchev–Trinajstić information content (AvgIpc) is 2.98. The third-order valence-corrected chi connectivity index (χ3v) is 6.95. The van der Waals surface area contributed by atoms with Gasteiger partial charge in [-0.1, -0.05) is 30.3 Å². The quantitative estimate of drug-likeness (QED) is 0.231. The maximum Gasteiger partial charge on any atom is 0.0687 e. The largest absolute Gasteiger partial charge is 0.361 e. The summed E-state index contributed by atoms with van der Waals surface area (Å²) in [6.07, 6.45) is 11.8. The van der Waals surface area contributed by atoms with E-state index in [9.17, 15) is 0 Å². The lowest BCUT2D eigenvalue weighted by molar-refractivity contribution is 0.165. The average molecular weight is 493 g/mol. The van der Waals surface area contributed by atoms with Crippen LogP contribution in [0, 0.1) is 0 Å². The summed E-state index contributed by atoms with van der Waals surface area (Å²) >= 11 is 0. The molecule has 6 heteroatoms. The third-order valence-electron chi connectivity index (χ3n) is 6.95. The van der Waals surface area contributed by atoms with Crippen LogP contribution >= 0.6 is 0 Å². The molecule has 0 aromatic carbocycles. The second-order valence-corrected chi connectivity index (χ2v) is 9.25. The van der Waals surface area contributed by atoms with E-state index in [0.717, 1.165) is 29.3 Å². The number of hydrogen-bond acceptors (Lipinski definition) is 6. The normalized spacial score (nSPS) is 14.8. The molecule has 0 aliphatic heterocycles. The molecule has 0 spiro atoms. The molecule has 6 nitrogen and oxygen atoms in total. The SMILES string of the molecule is CC(c1ccccn1)N(C=CCN(C(C)c1ccccn1)C(C)c1ccccn1)C(C)c1ccccn1. The van der Waals surface area contributed by atoms with Crippen molar-refractivity contribution in [2.24, 2.45) is 0 Å². The Bertz CT molecular complexity index is 1130. The number of nitrogens with zero attached hydrogens (tertiary/aromatic N) is 6.